The van der Waals surface area contributed by atoms with Gasteiger partial charge >= 0.3 is 0 Å². The van der Waals surface area contributed by atoms with E-state index in [2.05, 4.69) is 15.9 Å². The highest BCUT2D eigenvalue weighted by atomic mass is 79.9. The second kappa shape index (κ2) is 7.43. The normalized spacial score (nSPS) is 12.2. The summed E-state index contributed by atoms with van der Waals surface area (Å²) in [4.78, 5) is 0. The Kier molecular flexibility index (Phi) is 5.85. The van der Waals surface area contributed by atoms with Gasteiger partial charge in [0.25, 0.3) is 0 Å². The molecule has 1 unspecified atom stereocenters. The van der Waals surface area contributed by atoms with Gasteiger partial charge in [0.1, 0.15) is 0 Å². The van der Waals surface area contributed by atoms with E-state index in [4.69, 9.17) is 37.1 Å². The van der Waals surface area contributed by atoms with Crippen LogP contribution in [0.5, 0.6) is 11.5 Å². The van der Waals surface area contributed by atoms with Crippen molar-refractivity contribution in [3.8, 4) is 11.5 Å². The van der Waals surface area contributed by atoms with Gasteiger partial charge in [0.15, 0.2) is 16.2 Å². The zero-order valence-electron chi connectivity index (χ0n) is 11.7. The van der Waals surface area contributed by atoms with Gasteiger partial charge in [0, 0.05) is 16.7 Å². The Bertz CT molecular complexity index is 613. The summed E-state index contributed by atoms with van der Waals surface area (Å²) in [6.07, 6.45) is 1.57. The van der Waals surface area contributed by atoms with E-state index in [1.807, 2.05) is 19.9 Å². The summed E-state index contributed by atoms with van der Waals surface area (Å²) in [5.41, 5.74) is 1.55. The number of rotatable bonds is 6. The molecule has 0 aliphatic rings. The summed E-state index contributed by atoms with van der Waals surface area (Å²) >= 11 is 16.2. The van der Waals surface area contributed by atoms with Crippen molar-refractivity contribution in [2.45, 2.75) is 19.2 Å². The molecule has 1 atom stereocenters. The zero-order chi connectivity index (χ0) is 15.4. The van der Waals surface area contributed by atoms with Crippen molar-refractivity contribution in [3.05, 3.63) is 45.3 Å². The van der Waals surface area contributed by atoms with Crippen molar-refractivity contribution < 1.29 is 13.9 Å². The minimum Gasteiger partial charge on any atom is -0.490 e. The molecule has 0 bridgehead atoms. The Labute approximate surface area is 142 Å². The standard InChI is InChI=1S/C15H15BrCl2O3/c1-3-19-12-7-10(11(17)8-13(12)20-4-2)14(18)9-5-6-21-15(9)16/h5-8,14H,3-4H2,1-2H3. The molecule has 1 aromatic carbocycles. The van der Waals surface area contributed by atoms with Crippen LogP contribution < -0.4 is 9.47 Å². The van der Waals surface area contributed by atoms with Crippen molar-refractivity contribution in [2.24, 2.45) is 0 Å². The second-order valence-corrected chi connectivity index (χ2v) is 5.76. The molecule has 1 aromatic heterocycles. The minimum atomic E-state index is -0.444. The first-order chi connectivity index (χ1) is 10.1. The molecule has 2 rings (SSSR count). The van der Waals surface area contributed by atoms with E-state index in [1.165, 1.54) is 0 Å². The van der Waals surface area contributed by atoms with Crippen LogP contribution in [0.3, 0.4) is 0 Å². The fourth-order valence-electron chi connectivity index (χ4n) is 1.93. The molecule has 6 heteroatoms. The van der Waals surface area contributed by atoms with Gasteiger partial charge in [-0.1, -0.05) is 11.6 Å². The summed E-state index contributed by atoms with van der Waals surface area (Å²) in [5, 5.41) is 0.0792. The molecule has 0 aliphatic heterocycles. The van der Waals surface area contributed by atoms with Gasteiger partial charge in [0.05, 0.1) is 24.9 Å². The number of alkyl halides is 1. The SMILES string of the molecule is CCOc1cc(Cl)c(C(Cl)c2ccoc2Br)cc1OCC. The Morgan fingerprint density at radius 2 is 1.76 bits per heavy atom. The quantitative estimate of drug-likeness (QED) is 0.579. The Balaban J connectivity index is 2.44. The van der Waals surface area contributed by atoms with E-state index in [-0.39, 0.29) is 0 Å². The molecule has 0 amide bonds. The molecule has 21 heavy (non-hydrogen) atoms. The van der Waals surface area contributed by atoms with Crippen molar-refractivity contribution in [2.75, 3.05) is 13.2 Å². The maximum absolute atomic E-state index is 6.51. The smallest absolute Gasteiger partial charge is 0.173 e. The summed E-state index contributed by atoms with van der Waals surface area (Å²) in [7, 11) is 0. The summed E-state index contributed by atoms with van der Waals surface area (Å²) in [6, 6.07) is 5.34. The topological polar surface area (TPSA) is 31.6 Å². The lowest BCUT2D eigenvalue weighted by molar-refractivity contribution is 0.287. The van der Waals surface area contributed by atoms with Crippen molar-refractivity contribution in [1.29, 1.82) is 0 Å². The molecule has 0 fully saturated rings. The maximum atomic E-state index is 6.51. The van der Waals surface area contributed by atoms with Crippen LogP contribution in [0, 0.1) is 0 Å². The molecule has 0 spiro atoms. The summed E-state index contributed by atoms with van der Waals surface area (Å²) in [6.45, 7) is 4.89. The third-order valence-corrected chi connectivity index (χ3v) is 4.30. The van der Waals surface area contributed by atoms with Crippen molar-refractivity contribution in [1.82, 2.24) is 0 Å². The minimum absolute atomic E-state index is 0.444. The number of halogens is 3. The van der Waals surface area contributed by atoms with Crippen molar-refractivity contribution >= 4 is 39.1 Å². The molecule has 3 nitrogen and oxygen atoms in total. The van der Waals surface area contributed by atoms with E-state index in [9.17, 15) is 0 Å². The van der Waals surface area contributed by atoms with E-state index in [0.717, 1.165) is 11.1 Å². The van der Waals surface area contributed by atoms with Crippen LogP contribution in [0.1, 0.15) is 30.4 Å². The van der Waals surface area contributed by atoms with Gasteiger partial charge in [-0.2, -0.15) is 0 Å². The van der Waals surface area contributed by atoms with Crippen LogP contribution in [0.2, 0.25) is 5.02 Å². The number of furan rings is 1. The highest BCUT2D eigenvalue weighted by Crippen LogP contribution is 2.42. The van der Waals surface area contributed by atoms with E-state index in [1.54, 1.807) is 18.4 Å². The Morgan fingerprint density at radius 1 is 1.14 bits per heavy atom. The average molecular weight is 394 g/mol. The van der Waals surface area contributed by atoms with Crippen LogP contribution in [0.15, 0.2) is 33.5 Å². The molecule has 0 saturated carbocycles. The van der Waals surface area contributed by atoms with Crippen LogP contribution >= 0.6 is 39.1 Å². The highest BCUT2D eigenvalue weighted by molar-refractivity contribution is 9.10. The predicted molar refractivity (Wildman–Crippen MR) is 87.9 cm³/mol. The Morgan fingerprint density at radius 3 is 2.29 bits per heavy atom. The lowest BCUT2D eigenvalue weighted by Crippen LogP contribution is -2.01. The molecule has 0 N–H and O–H groups in total. The predicted octanol–water partition coefficient (Wildman–Crippen LogP) is 5.82. The number of ether oxygens (including phenoxy) is 2. The van der Waals surface area contributed by atoms with E-state index in [0.29, 0.717) is 34.4 Å². The van der Waals surface area contributed by atoms with Crippen molar-refractivity contribution in [3.63, 3.8) is 0 Å². The third kappa shape index (κ3) is 3.68. The number of hydrogen-bond donors (Lipinski definition) is 0. The van der Waals surface area contributed by atoms with Gasteiger partial charge < -0.3 is 13.9 Å². The largest absolute Gasteiger partial charge is 0.490 e. The van der Waals surface area contributed by atoms with Crippen LogP contribution in [0.25, 0.3) is 0 Å². The second-order valence-electron chi connectivity index (χ2n) is 4.20. The number of benzene rings is 1. The van der Waals surface area contributed by atoms with Crippen LogP contribution in [-0.4, -0.2) is 13.2 Å². The molecule has 1 heterocycles. The van der Waals surface area contributed by atoms with Gasteiger partial charge in [-0.25, -0.2) is 0 Å². The van der Waals surface area contributed by atoms with E-state index < -0.39 is 5.38 Å². The molecule has 0 radical (unpaired) electrons. The van der Waals surface area contributed by atoms with Crippen LogP contribution in [0.4, 0.5) is 0 Å². The first-order valence-corrected chi connectivity index (χ1v) is 8.15. The molecular weight excluding hydrogens is 379 g/mol. The monoisotopic (exact) mass is 392 g/mol. The van der Waals surface area contributed by atoms with Crippen LogP contribution in [-0.2, 0) is 0 Å². The highest BCUT2D eigenvalue weighted by Gasteiger charge is 2.21. The van der Waals surface area contributed by atoms with Gasteiger partial charge in [-0.3, -0.25) is 0 Å². The number of hydrogen-bond acceptors (Lipinski definition) is 3. The first-order valence-electron chi connectivity index (χ1n) is 6.54. The zero-order valence-corrected chi connectivity index (χ0v) is 14.8. The average Bonchev–Trinajstić information content (AvgIpc) is 2.87. The summed E-state index contributed by atoms with van der Waals surface area (Å²) in [5.74, 6) is 1.24. The van der Waals surface area contributed by atoms with Gasteiger partial charge in [0.2, 0.25) is 0 Å². The first kappa shape index (κ1) is 16.5. The third-order valence-electron chi connectivity index (χ3n) is 2.85. The molecule has 2 aromatic rings. The fourth-order valence-corrected chi connectivity index (χ4v) is 3.21. The van der Waals surface area contributed by atoms with Gasteiger partial charge in [-0.15, -0.1) is 11.6 Å². The lowest BCUT2D eigenvalue weighted by atomic mass is 10.1. The fraction of sp³-hybridized carbons (Fsp3) is 0.333. The Hall–Kier alpha value is -0.840. The van der Waals surface area contributed by atoms with E-state index >= 15 is 0 Å². The molecule has 0 saturated heterocycles. The lowest BCUT2D eigenvalue weighted by Gasteiger charge is -2.16. The molecule has 0 aliphatic carbocycles. The van der Waals surface area contributed by atoms with Gasteiger partial charge in [-0.05, 0) is 47.5 Å². The maximum Gasteiger partial charge on any atom is 0.173 e. The summed E-state index contributed by atoms with van der Waals surface area (Å²) < 4.78 is 17.0. The molecular formula is C15H15BrCl2O3. The molecule has 114 valence electrons.